The zero-order chi connectivity index (χ0) is 7.90. The second kappa shape index (κ2) is 2.35. The van der Waals surface area contributed by atoms with Crippen molar-refractivity contribution in [1.82, 2.24) is 5.32 Å². The fourth-order valence-electron chi connectivity index (χ4n) is 1.32. The number of rotatable bonds is 1. The van der Waals surface area contributed by atoms with Crippen LogP contribution in [0, 0.1) is 0 Å². The Kier molecular flexibility index (Phi) is 1.58. The topological polar surface area (TPSA) is 25.2 Å². The summed E-state index contributed by atoms with van der Waals surface area (Å²) in [6, 6.07) is 3.94. The highest BCUT2D eigenvalue weighted by Gasteiger charge is 2.35. The molecule has 1 aromatic rings. The zero-order valence-electron chi connectivity index (χ0n) is 6.36. The molecule has 11 heavy (non-hydrogen) atoms. The standard InChI is InChI=1S/C8H10BrNO/c1-8(4-5-10-8)6-2-3-7(9)11-6/h2-3,10H,4-5H2,1H3. The van der Waals surface area contributed by atoms with Crippen LogP contribution in [-0.4, -0.2) is 6.54 Å². The predicted molar refractivity (Wildman–Crippen MR) is 46.4 cm³/mol. The van der Waals surface area contributed by atoms with E-state index >= 15 is 0 Å². The third kappa shape index (κ3) is 1.12. The molecule has 1 fully saturated rings. The smallest absolute Gasteiger partial charge is 0.169 e. The van der Waals surface area contributed by atoms with Gasteiger partial charge in [0.05, 0.1) is 5.54 Å². The molecule has 3 heteroatoms. The van der Waals surface area contributed by atoms with Crippen molar-refractivity contribution in [2.45, 2.75) is 18.9 Å². The maximum Gasteiger partial charge on any atom is 0.169 e. The first kappa shape index (κ1) is 7.37. The maximum absolute atomic E-state index is 5.44. The second-order valence-corrected chi connectivity index (χ2v) is 3.89. The summed E-state index contributed by atoms with van der Waals surface area (Å²) < 4.78 is 6.25. The summed E-state index contributed by atoms with van der Waals surface area (Å²) in [7, 11) is 0. The van der Waals surface area contributed by atoms with Gasteiger partial charge >= 0.3 is 0 Å². The van der Waals surface area contributed by atoms with Gasteiger partial charge in [0.2, 0.25) is 0 Å². The Balaban J connectivity index is 2.28. The first-order valence-electron chi connectivity index (χ1n) is 3.72. The van der Waals surface area contributed by atoms with E-state index in [1.807, 2.05) is 12.1 Å². The Hall–Kier alpha value is -0.280. The normalized spacial score (nSPS) is 30.0. The molecule has 0 bridgehead atoms. The van der Waals surface area contributed by atoms with Gasteiger partial charge in [0.1, 0.15) is 5.76 Å². The molecule has 0 spiro atoms. The Morgan fingerprint density at radius 1 is 1.64 bits per heavy atom. The molecular weight excluding hydrogens is 206 g/mol. The van der Waals surface area contributed by atoms with Crippen LogP contribution < -0.4 is 5.32 Å². The third-order valence-corrected chi connectivity index (χ3v) is 2.68. The summed E-state index contributed by atoms with van der Waals surface area (Å²) in [6.45, 7) is 3.25. The summed E-state index contributed by atoms with van der Waals surface area (Å²) in [5.41, 5.74) is 0.0893. The molecule has 2 rings (SSSR count). The SMILES string of the molecule is CC1(c2ccc(Br)o2)CCN1. The van der Waals surface area contributed by atoms with Gasteiger partial charge in [-0.05, 0) is 48.0 Å². The van der Waals surface area contributed by atoms with Crippen molar-refractivity contribution < 1.29 is 4.42 Å². The van der Waals surface area contributed by atoms with Crippen molar-refractivity contribution in [2.24, 2.45) is 0 Å². The van der Waals surface area contributed by atoms with Crippen molar-refractivity contribution in [1.29, 1.82) is 0 Å². The van der Waals surface area contributed by atoms with Crippen molar-refractivity contribution >= 4 is 15.9 Å². The molecule has 0 saturated carbocycles. The number of halogens is 1. The molecule has 1 aromatic heterocycles. The van der Waals surface area contributed by atoms with Gasteiger partial charge in [0.15, 0.2) is 4.67 Å². The fraction of sp³-hybridized carbons (Fsp3) is 0.500. The Labute approximate surface area is 74.1 Å². The van der Waals surface area contributed by atoms with Gasteiger partial charge in [-0.25, -0.2) is 0 Å². The van der Waals surface area contributed by atoms with Crippen LogP contribution in [0.3, 0.4) is 0 Å². The number of nitrogens with one attached hydrogen (secondary N) is 1. The van der Waals surface area contributed by atoms with E-state index in [-0.39, 0.29) is 5.54 Å². The minimum absolute atomic E-state index is 0.0893. The lowest BCUT2D eigenvalue weighted by molar-refractivity contribution is 0.191. The first-order chi connectivity index (χ1) is 5.21. The van der Waals surface area contributed by atoms with Crippen molar-refractivity contribution in [3.8, 4) is 0 Å². The van der Waals surface area contributed by atoms with Crippen molar-refractivity contribution in [3.63, 3.8) is 0 Å². The van der Waals surface area contributed by atoms with E-state index in [9.17, 15) is 0 Å². The van der Waals surface area contributed by atoms with Crippen LogP contribution in [-0.2, 0) is 5.54 Å². The van der Waals surface area contributed by atoms with Crippen molar-refractivity contribution in [2.75, 3.05) is 6.54 Å². The van der Waals surface area contributed by atoms with E-state index in [0.717, 1.165) is 23.4 Å². The molecule has 1 N–H and O–H groups in total. The highest BCUT2D eigenvalue weighted by atomic mass is 79.9. The van der Waals surface area contributed by atoms with E-state index < -0.39 is 0 Å². The van der Waals surface area contributed by atoms with E-state index in [1.165, 1.54) is 0 Å². The molecular formula is C8H10BrNO. The van der Waals surface area contributed by atoms with E-state index in [1.54, 1.807) is 0 Å². The number of hydrogen-bond donors (Lipinski definition) is 1. The maximum atomic E-state index is 5.44. The molecule has 1 atom stereocenters. The quantitative estimate of drug-likeness (QED) is 0.778. The average Bonchev–Trinajstić information content (AvgIpc) is 2.31. The van der Waals surface area contributed by atoms with Gasteiger partial charge in [-0.3, -0.25) is 0 Å². The monoisotopic (exact) mass is 215 g/mol. The number of hydrogen-bond acceptors (Lipinski definition) is 2. The molecule has 1 unspecified atom stereocenters. The number of furan rings is 1. The van der Waals surface area contributed by atoms with Gasteiger partial charge in [-0.15, -0.1) is 0 Å². The second-order valence-electron chi connectivity index (χ2n) is 3.11. The lowest BCUT2D eigenvalue weighted by atomic mass is 9.88. The Morgan fingerprint density at radius 3 is 2.73 bits per heavy atom. The summed E-state index contributed by atoms with van der Waals surface area (Å²) in [5.74, 6) is 1.02. The first-order valence-corrected chi connectivity index (χ1v) is 4.51. The third-order valence-electron chi connectivity index (χ3n) is 2.26. The van der Waals surface area contributed by atoms with Crippen LogP contribution in [0.4, 0.5) is 0 Å². The lowest BCUT2D eigenvalue weighted by Crippen LogP contribution is -2.51. The predicted octanol–water partition coefficient (Wildman–Crippen LogP) is 2.25. The summed E-state index contributed by atoms with van der Waals surface area (Å²) in [6.07, 6.45) is 1.16. The van der Waals surface area contributed by atoms with Gasteiger partial charge in [-0.1, -0.05) is 0 Å². The van der Waals surface area contributed by atoms with Gasteiger partial charge in [0.25, 0.3) is 0 Å². The van der Waals surface area contributed by atoms with Crippen LogP contribution in [0.15, 0.2) is 21.2 Å². The largest absolute Gasteiger partial charge is 0.452 e. The van der Waals surface area contributed by atoms with Crippen LogP contribution in [0.1, 0.15) is 19.1 Å². The molecule has 0 aromatic carbocycles. The van der Waals surface area contributed by atoms with Gasteiger partial charge in [-0.2, -0.15) is 0 Å². The van der Waals surface area contributed by atoms with Gasteiger partial charge in [0, 0.05) is 0 Å². The van der Waals surface area contributed by atoms with E-state index in [0.29, 0.717) is 0 Å². The molecule has 0 aliphatic carbocycles. The molecule has 1 aliphatic heterocycles. The van der Waals surface area contributed by atoms with Crippen LogP contribution in [0.5, 0.6) is 0 Å². The van der Waals surface area contributed by atoms with Crippen LogP contribution in [0.25, 0.3) is 0 Å². The molecule has 1 saturated heterocycles. The minimum atomic E-state index is 0.0893. The molecule has 2 heterocycles. The van der Waals surface area contributed by atoms with Crippen molar-refractivity contribution in [3.05, 3.63) is 22.6 Å². The minimum Gasteiger partial charge on any atom is -0.452 e. The molecule has 1 aliphatic rings. The summed E-state index contributed by atoms with van der Waals surface area (Å²) in [4.78, 5) is 0. The molecule has 0 radical (unpaired) electrons. The van der Waals surface area contributed by atoms with Crippen LogP contribution in [0.2, 0.25) is 0 Å². The highest BCUT2D eigenvalue weighted by molar-refractivity contribution is 9.10. The highest BCUT2D eigenvalue weighted by Crippen LogP contribution is 2.32. The van der Waals surface area contributed by atoms with E-state index in [2.05, 4.69) is 28.2 Å². The Bertz CT molecular complexity index is 265. The zero-order valence-corrected chi connectivity index (χ0v) is 7.94. The molecule has 2 nitrogen and oxygen atoms in total. The summed E-state index contributed by atoms with van der Waals surface area (Å²) in [5, 5.41) is 3.34. The van der Waals surface area contributed by atoms with Gasteiger partial charge < -0.3 is 9.73 Å². The fourth-order valence-corrected chi connectivity index (χ4v) is 1.63. The molecule has 0 amide bonds. The molecule has 60 valence electrons. The lowest BCUT2D eigenvalue weighted by Gasteiger charge is -2.37. The average molecular weight is 216 g/mol. The van der Waals surface area contributed by atoms with E-state index in [4.69, 9.17) is 4.42 Å². The Morgan fingerprint density at radius 2 is 2.36 bits per heavy atom. The summed E-state index contributed by atoms with van der Waals surface area (Å²) >= 11 is 3.28. The van der Waals surface area contributed by atoms with Crippen LogP contribution >= 0.6 is 15.9 Å².